The highest BCUT2D eigenvalue weighted by atomic mass is 32.1. The third-order valence-corrected chi connectivity index (χ3v) is 14.7. The molecular formula is C60H35N3S. The van der Waals surface area contributed by atoms with Gasteiger partial charge in [-0.2, -0.15) is 0 Å². The number of hydrogen-bond donors (Lipinski definition) is 0. The SMILES string of the molecule is c1ccc2c(c1)cnc1cc(-c3ccc(-c4ccc(-c5ccc(-c6cc7c8ccc9ccccc9c8sc7c7nc8c9ccccc9ccc8n67)cc5)c5ccccc45)cc3)ccc12. The average Bonchev–Trinajstić information content (AvgIpc) is 3.96. The summed E-state index contributed by atoms with van der Waals surface area (Å²) in [5.74, 6) is 0. The lowest BCUT2D eigenvalue weighted by Gasteiger charge is -2.14. The summed E-state index contributed by atoms with van der Waals surface area (Å²) in [7, 11) is 0. The van der Waals surface area contributed by atoms with Crippen molar-refractivity contribution in [3.05, 3.63) is 212 Å². The van der Waals surface area contributed by atoms with Crippen LogP contribution < -0.4 is 0 Å². The van der Waals surface area contributed by atoms with Gasteiger partial charge in [0.25, 0.3) is 0 Å². The van der Waals surface area contributed by atoms with Crippen molar-refractivity contribution in [3.8, 4) is 44.6 Å². The second kappa shape index (κ2) is 13.7. The number of rotatable bonds is 4. The van der Waals surface area contributed by atoms with Crippen molar-refractivity contribution >= 4 is 102 Å². The van der Waals surface area contributed by atoms with Gasteiger partial charge in [0.1, 0.15) is 0 Å². The molecule has 4 heteroatoms. The summed E-state index contributed by atoms with van der Waals surface area (Å²) in [4.78, 5) is 10.3. The van der Waals surface area contributed by atoms with Crippen molar-refractivity contribution in [3.63, 3.8) is 0 Å². The van der Waals surface area contributed by atoms with Gasteiger partial charge < -0.3 is 0 Å². The minimum absolute atomic E-state index is 1.01. The average molecular weight is 830 g/mol. The summed E-state index contributed by atoms with van der Waals surface area (Å²) in [5.41, 5.74) is 13.6. The molecule has 4 aromatic heterocycles. The molecule has 14 rings (SSSR count). The molecular weight excluding hydrogens is 795 g/mol. The molecule has 296 valence electrons. The van der Waals surface area contributed by atoms with Crippen molar-refractivity contribution in [2.45, 2.75) is 0 Å². The van der Waals surface area contributed by atoms with Gasteiger partial charge in [0.05, 0.1) is 26.9 Å². The zero-order chi connectivity index (χ0) is 41.9. The molecule has 64 heavy (non-hydrogen) atoms. The summed E-state index contributed by atoms with van der Waals surface area (Å²) in [5, 5.41) is 13.5. The van der Waals surface area contributed by atoms with Crippen LogP contribution >= 0.6 is 11.3 Å². The van der Waals surface area contributed by atoms with Crippen LogP contribution in [0, 0.1) is 0 Å². The summed E-state index contributed by atoms with van der Waals surface area (Å²) < 4.78 is 4.92. The van der Waals surface area contributed by atoms with Crippen molar-refractivity contribution < 1.29 is 0 Å². The van der Waals surface area contributed by atoms with Gasteiger partial charge in [0, 0.05) is 37.8 Å². The van der Waals surface area contributed by atoms with Gasteiger partial charge in [-0.25, -0.2) is 4.98 Å². The normalized spacial score (nSPS) is 12.1. The summed E-state index contributed by atoms with van der Waals surface area (Å²) in [6.45, 7) is 0. The van der Waals surface area contributed by atoms with Crippen LogP contribution in [0.2, 0.25) is 0 Å². The third kappa shape index (κ3) is 5.27. The Morgan fingerprint density at radius 3 is 1.66 bits per heavy atom. The molecule has 0 N–H and O–H groups in total. The van der Waals surface area contributed by atoms with Crippen LogP contribution in [0.5, 0.6) is 0 Å². The number of thiophene rings is 1. The fourth-order valence-corrected chi connectivity index (χ4v) is 11.6. The lowest BCUT2D eigenvalue weighted by molar-refractivity contribution is 1.25. The molecule has 0 aliphatic carbocycles. The lowest BCUT2D eigenvalue weighted by atomic mass is 9.91. The monoisotopic (exact) mass is 829 g/mol. The lowest BCUT2D eigenvalue weighted by Crippen LogP contribution is -1.93. The van der Waals surface area contributed by atoms with Crippen LogP contribution in [0.4, 0.5) is 0 Å². The fraction of sp³-hybridized carbons (Fsp3) is 0. The first-order valence-corrected chi connectivity index (χ1v) is 22.6. The first-order valence-electron chi connectivity index (χ1n) is 21.8. The Hall–Kier alpha value is -8.18. The topological polar surface area (TPSA) is 30.2 Å². The maximum Gasteiger partial charge on any atom is 0.156 e. The van der Waals surface area contributed by atoms with Crippen LogP contribution in [0.3, 0.4) is 0 Å². The van der Waals surface area contributed by atoms with Crippen molar-refractivity contribution in [1.82, 2.24) is 14.4 Å². The van der Waals surface area contributed by atoms with Gasteiger partial charge in [0.15, 0.2) is 5.65 Å². The third-order valence-electron chi connectivity index (χ3n) is 13.4. The molecule has 0 aliphatic rings. The number of aromatic nitrogens is 3. The van der Waals surface area contributed by atoms with E-state index in [0.717, 1.165) is 44.4 Å². The molecule has 0 bridgehead atoms. The zero-order valence-electron chi connectivity index (χ0n) is 34.5. The molecule has 3 nitrogen and oxygen atoms in total. The van der Waals surface area contributed by atoms with E-state index in [1.807, 2.05) is 17.5 Å². The van der Waals surface area contributed by atoms with Crippen LogP contribution in [0.25, 0.3) is 135 Å². The molecule has 0 fully saturated rings. The maximum atomic E-state index is 5.48. The van der Waals surface area contributed by atoms with Crippen molar-refractivity contribution in [1.29, 1.82) is 0 Å². The van der Waals surface area contributed by atoms with E-state index >= 15 is 0 Å². The molecule has 4 heterocycles. The van der Waals surface area contributed by atoms with Crippen LogP contribution in [0.1, 0.15) is 0 Å². The summed E-state index contributed by atoms with van der Waals surface area (Å²) in [6, 6.07) is 75.4. The van der Waals surface area contributed by atoms with E-state index in [0.29, 0.717) is 0 Å². The number of nitrogens with zero attached hydrogens (tertiary/aromatic N) is 3. The molecule has 0 saturated heterocycles. The van der Waals surface area contributed by atoms with Gasteiger partial charge in [-0.3, -0.25) is 9.38 Å². The quantitative estimate of drug-likeness (QED) is 0.165. The Labute approximate surface area is 371 Å². The first kappa shape index (κ1) is 35.4. The van der Waals surface area contributed by atoms with Gasteiger partial charge in [-0.05, 0) is 89.5 Å². The van der Waals surface area contributed by atoms with E-state index in [2.05, 4.69) is 211 Å². The largest absolute Gasteiger partial charge is 0.291 e. The molecule has 14 aromatic rings. The highest BCUT2D eigenvalue weighted by molar-refractivity contribution is 7.27. The second-order valence-corrected chi connectivity index (χ2v) is 17.9. The molecule has 0 amide bonds. The molecule has 0 spiro atoms. The van der Waals surface area contributed by atoms with Gasteiger partial charge in [0.2, 0.25) is 0 Å². The molecule has 0 unspecified atom stereocenters. The van der Waals surface area contributed by atoms with Crippen LogP contribution in [-0.4, -0.2) is 14.4 Å². The smallest absolute Gasteiger partial charge is 0.156 e. The Morgan fingerprint density at radius 1 is 0.359 bits per heavy atom. The Balaban J connectivity index is 0.868. The number of hydrogen-bond acceptors (Lipinski definition) is 3. The number of pyridine rings is 2. The van der Waals surface area contributed by atoms with Gasteiger partial charge in [-0.15, -0.1) is 11.3 Å². The molecule has 0 saturated carbocycles. The predicted molar refractivity (Wildman–Crippen MR) is 273 cm³/mol. The van der Waals surface area contributed by atoms with E-state index < -0.39 is 0 Å². The molecule has 0 aliphatic heterocycles. The number of imidazole rings is 1. The summed E-state index contributed by atoms with van der Waals surface area (Å²) >= 11 is 1.86. The maximum absolute atomic E-state index is 5.48. The minimum Gasteiger partial charge on any atom is -0.291 e. The molecule has 10 aromatic carbocycles. The number of fused-ring (bicyclic) bond motifs is 15. The summed E-state index contributed by atoms with van der Waals surface area (Å²) in [6.07, 6.45) is 1.98. The van der Waals surface area contributed by atoms with Gasteiger partial charge in [-0.1, -0.05) is 188 Å². The van der Waals surface area contributed by atoms with E-state index in [1.165, 1.54) is 91.1 Å². The Morgan fingerprint density at radius 2 is 0.922 bits per heavy atom. The van der Waals surface area contributed by atoms with Crippen LogP contribution in [-0.2, 0) is 0 Å². The van der Waals surface area contributed by atoms with E-state index in [-0.39, 0.29) is 0 Å². The van der Waals surface area contributed by atoms with Crippen molar-refractivity contribution in [2.75, 3.05) is 0 Å². The standard InChI is InChI=1S/C60H35N3S/c1-5-13-47-37(9-1)27-32-55-57(47)62-60-59-53(52-29-25-38-10-2-6-14-48(38)58(52)64-59)34-56(63(55)60)41-23-21-40(22-24-41)46-31-30-45(49-15-7-8-16-50(46)49)39-19-17-36(18-20-39)42-26-28-51-44-12-4-3-11-43(44)35-61-54(51)33-42/h1-35H. The van der Waals surface area contributed by atoms with Gasteiger partial charge >= 0.3 is 0 Å². The van der Waals surface area contributed by atoms with Crippen molar-refractivity contribution in [2.24, 2.45) is 0 Å². The predicted octanol–water partition coefficient (Wildman–Crippen LogP) is 16.7. The van der Waals surface area contributed by atoms with E-state index in [1.54, 1.807) is 0 Å². The second-order valence-electron chi connectivity index (χ2n) is 16.9. The zero-order valence-corrected chi connectivity index (χ0v) is 35.3. The first-order chi connectivity index (χ1) is 31.7. The van der Waals surface area contributed by atoms with Crippen LogP contribution in [0.15, 0.2) is 212 Å². The Kier molecular flexibility index (Phi) is 7.56. The highest BCUT2D eigenvalue weighted by Gasteiger charge is 2.20. The Bertz CT molecular complexity index is 4230. The molecule has 0 atom stereocenters. The van der Waals surface area contributed by atoms with E-state index in [9.17, 15) is 0 Å². The number of benzene rings is 10. The minimum atomic E-state index is 1.01. The fourth-order valence-electron chi connectivity index (χ4n) is 10.3. The highest BCUT2D eigenvalue weighted by Crippen LogP contribution is 2.44. The van der Waals surface area contributed by atoms with E-state index in [4.69, 9.17) is 9.97 Å². The molecule has 0 radical (unpaired) electrons.